The average Bonchev–Trinajstić information content (AvgIpc) is 3.18. The number of aliphatic hydroxyl groups excluding tert-OH is 4. The molecule has 0 saturated carbocycles. The Labute approximate surface area is 335 Å². The summed E-state index contributed by atoms with van der Waals surface area (Å²) >= 11 is 0. The highest BCUT2D eigenvalue weighted by Gasteiger charge is 2.28. The van der Waals surface area contributed by atoms with Crippen molar-refractivity contribution in [3.05, 3.63) is 36.5 Å². The van der Waals surface area contributed by atoms with Crippen molar-refractivity contribution in [2.75, 3.05) is 6.61 Å². The molecule has 0 bridgehead atoms. The molecule has 0 radical (unpaired) electrons. The first-order valence-electron chi connectivity index (χ1n) is 23.4. The SMILES string of the molecule is CCC/C=C/CC/C=C/CCCC(O)C(O)C(CO)NC(=O)C(O)CCCCCCCCCCCCCC/C=C\CCCCCCCCCCCCCC. The second-order valence-corrected chi connectivity index (χ2v) is 16.1. The van der Waals surface area contributed by atoms with Crippen LogP contribution in [0.15, 0.2) is 36.5 Å². The van der Waals surface area contributed by atoms with Gasteiger partial charge < -0.3 is 25.7 Å². The van der Waals surface area contributed by atoms with E-state index in [4.69, 9.17) is 0 Å². The number of amides is 1. The van der Waals surface area contributed by atoms with Crippen LogP contribution in [0.25, 0.3) is 0 Å². The number of rotatable bonds is 42. The van der Waals surface area contributed by atoms with E-state index in [1.165, 1.54) is 154 Å². The summed E-state index contributed by atoms with van der Waals surface area (Å²) in [6.07, 6.45) is 50.7. The molecule has 0 aliphatic rings. The van der Waals surface area contributed by atoms with E-state index in [0.717, 1.165) is 44.9 Å². The molecule has 0 rings (SSSR count). The molecule has 4 atom stereocenters. The molecule has 318 valence electrons. The summed E-state index contributed by atoms with van der Waals surface area (Å²) in [5, 5.41) is 43.5. The molecule has 0 aromatic rings. The zero-order chi connectivity index (χ0) is 39.6. The highest BCUT2D eigenvalue weighted by Crippen LogP contribution is 2.16. The van der Waals surface area contributed by atoms with Gasteiger partial charge in [-0.2, -0.15) is 0 Å². The van der Waals surface area contributed by atoms with Gasteiger partial charge in [0.25, 0.3) is 0 Å². The van der Waals surface area contributed by atoms with E-state index in [0.29, 0.717) is 19.3 Å². The number of hydrogen-bond acceptors (Lipinski definition) is 5. The van der Waals surface area contributed by atoms with E-state index in [2.05, 4.69) is 55.6 Å². The fourth-order valence-corrected chi connectivity index (χ4v) is 7.07. The van der Waals surface area contributed by atoms with Crippen molar-refractivity contribution in [2.45, 2.75) is 257 Å². The van der Waals surface area contributed by atoms with E-state index in [1.54, 1.807) is 0 Å². The van der Waals surface area contributed by atoms with Crippen LogP contribution in [0.3, 0.4) is 0 Å². The predicted molar refractivity (Wildman–Crippen MR) is 233 cm³/mol. The van der Waals surface area contributed by atoms with E-state index in [9.17, 15) is 25.2 Å². The molecule has 6 heteroatoms. The van der Waals surface area contributed by atoms with Gasteiger partial charge in [-0.25, -0.2) is 0 Å². The first-order valence-corrected chi connectivity index (χ1v) is 23.4. The van der Waals surface area contributed by atoms with Gasteiger partial charge in [0.1, 0.15) is 12.2 Å². The Morgan fingerprint density at radius 3 is 1.24 bits per heavy atom. The maximum atomic E-state index is 12.5. The van der Waals surface area contributed by atoms with Crippen molar-refractivity contribution in [1.82, 2.24) is 5.32 Å². The van der Waals surface area contributed by atoms with Crippen LogP contribution in [0.4, 0.5) is 0 Å². The summed E-state index contributed by atoms with van der Waals surface area (Å²) in [6, 6.07) is -1.01. The lowest BCUT2D eigenvalue weighted by Gasteiger charge is -2.27. The monoisotopic (exact) mass is 762 g/mol. The number of unbranched alkanes of at least 4 members (excludes halogenated alkanes) is 27. The Kier molecular flexibility index (Phi) is 41.5. The first kappa shape index (κ1) is 52.5. The number of hydrogen-bond donors (Lipinski definition) is 5. The summed E-state index contributed by atoms with van der Waals surface area (Å²) < 4.78 is 0. The molecular formula is C48H91NO5. The smallest absolute Gasteiger partial charge is 0.249 e. The minimum atomic E-state index is -1.29. The fraction of sp³-hybridized carbons (Fsp3) is 0.854. The number of carbonyl (C=O) groups is 1. The third-order valence-electron chi connectivity index (χ3n) is 10.8. The van der Waals surface area contributed by atoms with Crippen LogP contribution in [0.2, 0.25) is 0 Å². The average molecular weight is 762 g/mol. The molecule has 0 spiro atoms. The van der Waals surface area contributed by atoms with Crippen LogP contribution >= 0.6 is 0 Å². The van der Waals surface area contributed by atoms with Crippen molar-refractivity contribution >= 4 is 5.91 Å². The lowest BCUT2D eigenvalue weighted by Crippen LogP contribution is -2.53. The lowest BCUT2D eigenvalue weighted by molar-refractivity contribution is -0.132. The number of allylic oxidation sites excluding steroid dienone is 6. The molecule has 0 fully saturated rings. The van der Waals surface area contributed by atoms with E-state index in [1.807, 2.05) is 0 Å². The van der Waals surface area contributed by atoms with Gasteiger partial charge >= 0.3 is 0 Å². The normalized spacial score (nSPS) is 14.4. The van der Waals surface area contributed by atoms with Crippen molar-refractivity contribution in [2.24, 2.45) is 0 Å². The molecule has 0 aliphatic heterocycles. The standard InChI is InChI=1S/C48H91NO5/c1-3-5-7-9-11-13-15-16-17-18-19-20-21-22-23-24-25-26-27-28-29-30-31-32-34-36-38-40-42-46(52)48(54)49-44(43-50)47(53)45(51)41-39-37-35-33-14-12-10-8-6-4-2/h8,10,22-23,33,35,44-47,50-53H,3-7,9,11-21,24-32,34,36-43H2,1-2H3,(H,49,54)/b10-8+,23-22-,35-33+. The summed E-state index contributed by atoms with van der Waals surface area (Å²) in [5.74, 6) is -0.599. The molecule has 54 heavy (non-hydrogen) atoms. The van der Waals surface area contributed by atoms with Crippen molar-refractivity contribution in [3.8, 4) is 0 Å². The first-order chi connectivity index (χ1) is 26.5. The van der Waals surface area contributed by atoms with Crippen LogP contribution in [0.5, 0.6) is 0 Å². The zero-order valence-electron chi connectivity index (χ0n) is 35.7. The number of aliphatic hydroxyl groups is 4. The van der Waals surface area contributed by atoms with E-state index < -0.39 is 36.9 Å². The molecule has 1 amide bonds. The highest BCUT2D eigenvalue weighted by atomic mass is 16.3. The van der Waals surface area contributed by atoms with Crippen molar-refractivity contribution < 1.29 is 25.2 Å². The zero-order valence-corrected chi connectivity index (χ0v) is 35.7. The molecule has 4 unspecified atom stereocenters. The molecule has 0 aromatic carbocycles. The van der Waals surface area contributed by atoms with Gasteiger partial charge in [-0.05, 0) is 70.6 Å². The molecule has 6 nitrogen and oxygen atoms in total. The summed E-state index contributed by atoms with van der Waals surface area (Å²) in [4.78, 5) is 12.5. The van der Waals surface area contributed by atoms with Crippen LogP contribution in [-0.2, 0) is 4.79 Å². The maximum Gasteiger partial charge on any atom is 0.249 e. The molecule has 0 heterocycles. The highest BCUT2D eigenvalue weighted by molar-refractivity contribution is 5.80. The Morgan fingerprint density at radius 2 is 0.815 bits per heavy atom. The second-order valence-electron chi connectivity index (χ2n) is 16.1. The van der Waals surface area contributed by atoms with Gasteiger partial charge in [-0.3, -0.25) is 4.79 Å². The van der Waals surface area contributed by atoms with Gasteiger partial charge in [-0.1, -0.05) is 198 Å². The topological polar surface area (TPSA) is 110 Å². The molecular weight excluding hydrogens is 671 g/mol. The van der Waals surface area contributed by atoms with Gasteiger partial charge in [0, 0.05) is 0 Å². The predicted octanol–water partition coefficient (Wildman–Crippen LogP) is 12.5. The third-order valence-corrected chi connectivity index (χ3v) is 10.8. The van der Waals surface area contributed by atoms with Gasteiger partial charge in [0.2, 0.25) is 5.91 Å². The minimum absolute atomic E-state index is 0.360. The summed E-state index contributed by atoms with van der Waals surface area (Å²) in [5.41, 5.74) is 0. The van der Waals surface area contributed by atoms with Crippen LogP contribution in [0.1, 0.15) is 232 Å². The van der Waals surface area contributed by atoms with Gasteiger partial charge in [0.05, 0.1) is 18.8 Å². The lowest BCUT2D eigenvalue weighted by atomic mass is 10.00. The number of nitrogens with one attached hydrogen (secondary N) is 1. The van der Waals surface area contributed by atoms with Crippen LogP contribution in [-0.4, -0.2) is 57.3 Å². The van der Waals surface area contributed by atoms with Crippen molar-refractivity contribution in [3.63, 3.8) is 0 Å². The second kappa shape index (κ2) is 42.7. The molecule has 0 saturated heterocycles. The van der Waals surface area contributed by atoms with Gasteiger partial charge in [-0.15, -0.1) is 0 Å². The summed E-state index contributed by atoms with van der Waals surface area (Å²) in [7, 11) is 0. The number of carbonyl (C=O) groups excluding carboxylic acids is 1. The molecule has 0 aliphatic carbocycles. The maximum absolute atomic E-state index is 12.5. The molecule has 0 aromatic heterocycles. The van der Waals surface area contributed by atoms with Crippen molar-refractivity contribution in [1.29, 1.82) is 0 Å². The van der Waals surface area contributed by atoms with Crippen LogP contribution in [0, 0.1) is 0 Å². The third kappa shape index (κ3) is 36.2. The molecule has 5 N–H and O–H groups in total. The Bertz CT molecular complexity index is 858. The largest absolute Gasteiger partial charge is 0.394 e. The minimum Gasteiger partial charge on any atom is -0.394 e. The van der Waals surface area contributed by atoms with E-state index in [-0.39, 0.29) is 0 Å². The summed E-state index contributed by atoms with van der Waals surface area (Å²) in [6.45, 7) is 3.96. The Morgan fingerprint density at radius 1 is 0.444 bits per heavy atom. The van der Waals surface area contributed by atoms with E-state index >= 15 is 0 Å². The Balaban J connectivity index is 3.62. The fourth-order valence-electron chi connectivity index (χ4n) is 7.07. The quantitative estimate of drug-likeness (QED) is 0.0314. The van der Waals surface area contributed by atoms with Gasteiger partial charge in [0.15, 0.2) is 0 Å². The van der Waals surface area contributed by atoms with Crippen LogP contribution < -0.4 is 5.32 Å². The Hall–Kier alpha value is -1.47.